The van der Waals surface area contributed by atoms with E-state index < -0.39 is 24.6 Å². The number of hydrogen-bond donors (Lipinski definition) is 1. The minimum Gasteiger partial charge on any atom is -0.267 e. The van der Waals surface area contributed by atoms with Gasteiger partial charge in [-0.05, 0) is 12.1 Å². The fraction of sp³-hybridized carbons (Fsp3) is 0.333. The van der Waals surface area contributed by atoms with Gasteiger partial charge in [-0.3, -0.25) is 14.6 Å². The van der Waals surface area contributed by atoms with E-state index in [2.05, 4.69) is 9.82 Å². The van der Waals surface area contributed by atoms with Crippen molar-refractivity contribution in [3.8, 4) is 0 Å². The van der Waals surface area contributed by atoms with Gasteiger partial charge >= 0.3 is 12.1 Å². The Morgan fingerprint density at radius 1 is 1.28 bits per heavy atom. The van der Waals surface area contributed by atoms with E-state index in [1.807, 2.05) is 0 Å². The number of carbonyl (C=O) groups is 1. The van der Waals surface area contributed by atoms with Gasteiger partial charge in [0.05, 0.1) is 0 Å². The summed E-state index contributed by atoms with van der Waals surface area (Å²) in [5.41, 5.74) is 1.27. The molecule has 0 bridgehead atoms. The zero-order chi connectivity index (χ0) is 13.8. The minimum absolute atomic E-state index is 0.173. The van der Waals surface area contributed by atoms with E-state index >= 15 is 0 Å². The van der Waals surface area contributed by atoms with Crippen LogP contribution in [0.15, 0.2) is 24.4 Å². The van der Waals surface area contributed by atoms with Crippen LogP contribution >= 0.6 is 0 Å². The van der Waals surface area contributed by atoms with Crippen LogP contribution in [0.2, 0.25) is 0 Å². The van der Waals surface area contributed by atoms with Crippen LogP contribution in [0.3, 0.4) is 0 Å². The number of alkyl halides is 5. The lowest BCUT2D eigenvalue weighted by Gasteiger charge is -2.18. The number of hydrogen-bond acceptors (Lipinski definition) is 3. The summed E-state index contributed by atoms with van der Waals surface area (Å²) in [6, 6.07) is 4.17. The quantitative estimate of drug-likeness (QED) is 0.672. The highest BCUT2D eigenvalue weighted by molar-refractivity contribution is 5.91. The Morgan fingerprint density at radius 2 is 1.94 bits per heavy atom. The summed E-state index contributed by atoms with van der Waals surface area (Å²) in [6.07, 6.45) is -4.48. The Balaban J connectivity index is 2.46. The first-order valence-corrected chi connectivity index (χ1v) is 4.52. The van der Waals surface area contributed by atoms with Gasteiger partial charge in [-0.15, -0.1) is 0 Å². The van der Waals surface area contributed by atoms with Crippen molar-refractivity contribution in [1.29, 1.82) is 0 Å². The summed E-state index contributed by atoms with van der Waals surface area (Å²) in [5.74, 6) is -6.06. The van der Waals surface area contributed by atoms with Gasteiger partial charge in [-0.1, -0.05) is 6.07 Å². The van der Waals surface area contributed by atoms with Crippen molar-refractivity contribution in [2.75, 3.05) is 6.61 Å². The lowest BCUT2D eigenvalue weighted by Crippen LogP contribution is -2.43. The number of hydroxylamine groups is 1. The Labute approximate surface area is 97.7 Å². The van der Waals surface area contributed by atoms with Gasteiger partial charge in [-0.2, -0.15) is 22.0 Å². The molecule has 0 fully saturated rings. The molecule has 9 heteroatoms. The molecule has 0 unspecified atom stereocenters. The number of aromatic nitrogens is 1. The first-order valence-electron chi connectivity index (χ1n) is 4.52. The summed E-state index contributed by atoms with van der Waals surface area (Å²) in [5, 5.41) is 0. The van der Waals surface area contributed by atoms with Crippen molar-refractivity contribution >= 4 is 5.91 Å². The Morgan fingerprint density at radius 3 is 2.44 bits per heavy atom. The van der Waals surface area contributed by atoms with E-state index in [-0.39, 0.29) is 5.69 Å². The molecule has 0 radical (unpaired) electrons. The molecule has 1 amide bonds. The molecule has 18 heavy (non-hydrogen) atoms. The van der Waals surface area contributed by atoms with Crippen LogP contribution in [-0.2, 0) is 4.84 Å². The number of carbonyl (C=O) groups excluding carboxylic acids is 1. The summed E-state index contributed by atoms with van der Waals surface area (Å²) < 4.78 is 59.9. The van der Waals surface area contributed by atoms with Gasteiger partial charge in [0.2, 0.25) is 0 Å². The molecule has 0 saturated heterocycles. The topological polar surface area (TPSA) is 51.2 Å². The van der Waals surface area contributed by atoms with Gasteiger partial charge in [-0.25, -0.2) is 5.48 Å². The number of amides is 1. The maximum absolute atomic E-state index is 12.4. The molecule has 0 aliphatic carbocycles. The molecule has 0 atom stereocenters. The second kappa shape index (κ2) is 5.25. The Hall–Kier alpha value is -1.77. The van der Waals surface area contributed by atoms with Crippen LogP contribution < -0.4 is 5.48 Å². The zero-order valence-corrected chi connectivity index (χ0v) is 8.67. The fourth-order valence-electron chi connectivity index (χ4n) is 0.823. The van der Waals surface area contributed by atoms with E-state index in [1.54, 1.807) is 0 Å². The lowest BCUT2D eigenvalue weighted by atomic mass is 10.3. The summed E-state index contributed by atoms with van der Waals surface area (Å²) >= 11 is 0. The number of halogens is 5. The van der Waals surface area contributed by atoms with E-state index in [0.717, 1.165) is 0 Å². The molecule has 0 aliphatic heterocycles. The highest BCUT2D eigenvalue weighted by Gasteiger charge is 2.58. The summed E-state index contributed by atoms with van der Waals surface area (Å²) in [7, 11) is 0. The molecule has 1 heterocycles. The Kier molecular flexibility index (Phi) is 4.17. The predicted molar refractivity (Wildman–Crippen MR) is 48.7 cm³/mol. The highest BCUT2D eigenvalue weighted by atomic mass is 19.4. The molecule has 0 saturated carbocycles. The van der Waals surface area contributed by atoms with Gasteiger partial charge in [0.1, 0.15) is 12.3 Å². The first kappa shape index (κ1) is 14.3. The number of nitrogens with zero attached hydrogens (tertiary/aromatic N) is 1. The van der Waals surface area contributed by atoms with E-state index in [9.17, 15) is 26.7 Å². The molecule has 1 rings (SSSR count). The smallest absolute Gasteiger partial charge is 0.267 e. The average molecular weight is 270 g/mol. The normalized spacial score (nSPS) is 12.3. The van der Waals surface area contributed by atoms with Crippen LogP contribution in [-0.4, -0.2) is 29.6 Å². The van der Waals surface area contributed by atoms with Crippen molar-refractivity contribution in [3.05, 3.63) is 30.1 Å². The second-order valence-corrected chi connectivity index (χ2v) is 3.14. The summed E-state index contributed by atoms with van der Waals surface area (Å²) in [4.78, 5) is 18.5. The van der Waals surface area contributed by atoms with Crippen molar-refractivity contribution < 1.29 is 31.6 Å². The molecule has 0 aromatic carbocycles. The fourth-order valence-corrected chi connectivity index (χ4v) is 0.823. The zero-order valence-electron chi connectivity index (χ0n) is 8.67. The van der Waals surface area contributed by atoms with Crippen molar-refractivity contribution in [1.82, 2.24) is 10.5 Å². The standard InChI is InChI=1S/C9H7F5N2O2/c10-8(11,9(12,13)14)5-18-16-7(17)6-3-1-2-4-15-6/h1-4H,5H2,(H,16,17). The van der Waals surface area contributed by atoms with Gasteiger partial charge in [0.15, 0.2) is 0 Å². The minimum atomic E-state index is -5.73. The van der Waals surface area contributed by atoms with Gasteiger partial charge in [0, 0.05) is 6.20 Å². The molecular formula is C9H7F5N2O2. The third-order valence-electron chi connectivity index (χ3n) is 1.73. The SMILES string of the molecule is O=C(NOCC(F)(F)C(F)(F)F)c1ccccn1. The number of rotatable bonds is 4. The maximum atomic E-state index is 12.4. The van der Waals surface area contributed by atoms with Crippen LogP contribution in [0.1, 0.15) is 10.5 Å². The molecule has 0 aliphatic rings. The molecule has 1 aromatic heterocycles. The molecule has 1 aromatic rings. The molecule has 4 nitrogen and oxygen atoms in total. The summed E-state index contributed by atoms with van der Waals surface area (Å²) in [6.45, 7) is -2.00. The molecule has 0 spiro atoms. The average Bonchev–Trinajstić information content (AvgIpc) is 2.28. The largest absolute Gasteiger partial charge is 0.455 e. The molecular weight excluding hydrogens is 263 g/mol. The maximum Gasteiger partial charge on any atom is 0.455 e. The van der Waals surface area contributed by atoms with Crippen LogP contribution in [0.4, 0.5) is 22.0 Å². The highest BCUT2D eigenvalue weighted by Crippen LogP contribution is 2.35. The molecule has 1 N–H and O–H groups in total. The third-order valence-corrected chi connectivity index (χ3v) is 1.73. The lowest BCUT2D eigenvalue weighted by molar-refractivity contribution is -0.300. The third kappa shape index (κ3) is 3.62. The van der Waals surface area contributed by atoms with Gasteiger partial charge in [0.25, 0.3) is 5.91 Å². The van der Waals surface area contributed by atoms with Crippen molar-refractivity contribution in [3.63, 3.8) is 0 Å². The van der Waals surface area contributed by atoms with Gasteiger partial charge < -0.3 is 0 Å². The van der Waals surface area contributed by atoms with E-state index in [1.165, 1.54) is 29.9 Å². The molecule has 100 valence electrons. The van der Waals surface area contributed by atoms with E-state index in [0.29, 0.717) is 0 Å². The number of pyridine rings is 1. The first-order chi connectivity index (χ1) is 8.24. The van der Waals surface area contributed by atoms with Crippen molar-refractivity contribution in [2.24, 2.45) is 0 Å². The second-order valence-electron chi connectivity index (χ2n) is 3.14. The van der Waals surface area contributed by atoms with Crippen LogP contribution in [0, 0.1) is 0 Å². The van der Waals surface area contributed by atoms with Crippen LogP contribution in [0.5, 0.6) is 0 Å². The van der Waals surface area contributed by atoms with E-state index in [4.69, 9.17) is 0 Å². The van der Waals surface area contributed by atoms with Crippen molar-refractivity contribution in [2.45, 2.75) is 12.1 Å². The van der Waals surface area contributed by atoms with Crippen LogP contribution in [0.25, 0.3) is 0 Å². The number of nitrogens with one attached hydrogen (secondary N) is 1. The predicted octanol–water partition coefficient (Wildman–Crippen LogP) is 1.94. The Bertz CT molecular complexity index is 407. The monoisotopic (exact) mass is 270 g/mol.